The third kappa shape index (κ3) is 5.81. The van der Waals surface area contributed by atoms with E-state index in [2.05, 4.69) is 30.1 Å². The van der Waals surface area contributed by atoms with Crippen LogP contribution in [-0.4, -0.2) is 44.7 Å². The van der Waals surface area contributed by atoms with Gasteiger partial charge in [-0.1, -0.05) is 38.1 Å². The fourth-order valence-electron chi connectivity index (χ4n) is 3.23. The number of carbonyl (C=O) groups is 1. The highest BCUT2D eigenvalue weighted by Crippen LogP contribution is 2.24. The molecule has 0 spiro atoms. The number of hydrogen-bond donors (Lipinski definition) is 1. The number of rotatable bonds is 10. The molecule has 0 heterocycles. The molecule has 5 nitrogen and oxygen atoms in total. The maximum Gasteiger partial charge on any atom is 0.251 e. The summed E-state index contributed by atoms with van der Waals surface area (Å²) in [5, 5.41) is 3.09. The third-order valence-electron chi connectivity index (χ3n) is 4.69. The Morgan fingerprint density at radius 2 is 1.81 bits per heavy atom. The van der Waals surface area contributed by atoms with Crippen molar-refractivity contribution < 1.29 is 14.3 Å². The van der Waals surface area contributed by atoms with Gasteiger partial charge in [-0.3, -0.25) is 9.69 Å². The molecule has 0 aliphatic carbocycles. The molecule has 0 aliphatic heterocycles. The minimum atomic E-state index is -0.0759. The van der Waals surface area contributed by atoms with E-state index in [0.29, 0.717) is 18.7 Å². The monoisotopic (exact) mass is 370 g/mol. The van der Waals surface area contributed by atoms with E-state index >= 15 is 0 Å². The van der Waals surface area contributed by atoms with E-state index in [0.717, 1.165) is 30.0 Å². The topological polar surface area (TPSA) is 50.8 Å². The first kappa shape index (κ1) is 20.9. The zero-order chi connectivity index (χ0) is 19.6. The molecule has 2 rings (SSSR count). The second-order valence-corrected chi connectivity index (χ2v) is 6.36. The van der Waals surface area contributed by atoms with Gasteiger partial charge in [0.15, 0.2) is 0 Å². The van der Waals surface area contributed by atoms with Gasteiger partial charge in [0.1, 0.15) is 5.75 Å². The molecule has 0 saturated heterocycles. The van der Waals surface area contributed by atoms with Gasteiger partial charge in [-0.2, -0.15) is 0 Å². The Hall–Kier alpha value is -2.37. The molecule has 146 valence electrons. The number of likely N-dealkylation sites (N-methyl/N-ethyl adjacent to an activating group) is 1. The minimum absolute atomic E-state index is 0.0759. The van der Waals surface area contributed by atoms with Gasteiger partial charge in [-0.15, -0.1) is 0 Å². The van der Waals surface area contributed by atoms with Gasteiger partial charge in [0.05, 0.1) is 19.8 Å². The van der Waals surface area contributed by atoms with Gasteiger partial charge in [0.2, 0.25) is 0 Å². The van der Waals surface area contributed by atoms with Crippen molar-refractivity contribution in [1.82, 2.24) is 10.2 Å². The molecule has 1 unspecified atom stereocenters. The van der Waals surface area contributed by atoms with Crippen LogP contribution >= 0.6 is 0 Å². The lowest BCUT2D eigenvalue weighted by molar-refractivity contribution is 0.0934. The predicted molar refractivity (Wildman–Crippen MR) is 108 cm³/mol. The molecule has 0 radical (unpaired) electrons. The summed E-state index contributed by atoms with van der Waals surface area (Å²) in [4.78, 5) is 15.0. The molecule has 27 heavy (non-hydrogen) atoms. The molecule has 2 aromatic rings. The van der Waals surface area contributed by atoms with Crippen molar-refractivity contribution in [2.45, 2.75) is 26.5 Å². The maximum absolute atomic E-state index is 12.7. The van der Waals surface area contributed by atoms with Crippen molar-refractivity contribution in [1.29, 1.82) is 0 Å². The van der Waals surface area contributed by atoms with Gasteiger partial charge in [0.25, 0.3) is 5.91 Å². The van der Waals surface area contributed by atoms with E-state index in [-0.39, 0.29) is 11.9 Å². The lowest BCUT2D eigenvalue weighted by Gasteiger charge is -2.30. The number of hydrogen-bond acceptors (Lipinski definition) is 4. The molecule has 1 amide bonds. The quantitative estimate of drug-likeness (QED) is 0.693. The Morgan fingerprint density at radius 1 is 1.07 bits per heavy atom. The van der Waals surface area contributed by atoms with Gasteiger partial charge >= 0.3 is 0 Å². The molecule has 0 saturated carbocycles. The highest BCUT2D eigenvalue weighted by Gasteiger charge is 2.20. The zero-order valence-corrected chi connectivity index (χ0v) is 16.7. The molecular formula is C22H30N2O3. The highest BCUT2D eigenvalue weighted by molar-refractivity contribution is 5.94. The van der Waals surface area contributed by atoms with E-state index in [1.807, 2.05) is 42.5 Å². The summed E-state index contributed by atoms with van der Waals surface area (Å²) >= 11 is 0. The van der Waals surface area contributed by atoms with Crippen LogP contribution in [0.25, 0.3) is 0 Å². The molecule has 1 atom stereocenters. The van der Waals surface area contributed by atoms with Crippen molar-refractivity contribution in [2.75, 3.05) is 33.9 Å². The standard InChI is InChI=1S/C22H30N2O3/c1-5-24(6-2)21(18-10-8-12-20(14-18)27-4)15-23-22(25)19-11-7-9-17(13-19)16-26-3/h7-14,21H,5-6,15-16H2,1-4H3,(H,23,25). The minimum Gasteiger partial charge on any atom is -0.497 e. The highest BCUT2D eigenvalue weighted by atomic mass is 16.5. The number of nitrogens with one attached hydrogen (secondary N) is 1. The van der Waals surface area contributed by atoms with E-state index in [4.69, 9.17) is 9.47 Å². The van der Waals surface area contributed by atoms with Crippen molar-refractivity contribution in [3.8, 4) is 5.75 Å². The summed E-state index contributed by atoms with van der Waals surface area (Å²) in [6, 6.07) is 15.7. The number of carbonyl (C=O) groups excluding carboxylic acids is 1. The fraction of sp³-hybridized carbons (Fsp3) is 0.409. The number of methoxy groups -OCH3 is 2. The maximum atomic E-state index is 12.7. The summed E-state index contributed by atoms with van der Waals surface area (Å²) in [5.74, 6) is 0.747. The molecular weight excluding hydrogens is 340 g/mol. The SMILES string of the molecule is CCN(CC)C(CNC(=O)c1cccc(COC)c1)c1cccc(OC)c1. The normalized spacial score (nSPS) is 12.0. The second-order valence-electron chi connectivity index (χ2n) is 6.36. The molecule has 2 aromatic carbocycles. The van der Waals surface area contributed by atoms with Crippen LogP contribution in [0.1, 0.15) is 41.4 Å². The van der Waals surface area contributed by atoms with E-state index in [9.17, 15) is 4.79 Å². The van der Waals surface area contributed by atoms with Gasteiger partial charge in [-0.05, 0) is 48.5 Å². The third-order valence-corrected chi connectivity index (χ3v) is 4.69. The van der Waals surface area contributed by atoms with E-state index in [1.54, 1.807) is 14.2 Å². The average molecular weight is 370 g/mol. The van der Waals surface area contributed by atoms with Crippen LogP contribution in [0.2, 0.25) is 0 Å². The van der Waals surface area contributed by atoms with Gasteiger partial charge in [-0.25, -0.2) is 0 Å². The molecule has 5 heteroatoms. The van der Waals surface area contributed by atoms with Crippen LogP contribution in [0.4, 0.5) is 0 Å². The van der Waals surface area contributed by atoms with Crippen LogP contribution in [0.3, 0.4) is 0 Å². The van der Waals surface area contributed by atoms with E-state index < -0.39 is 0 Å². The fourth-order valence-corrected chi connectivity index (χ4v) is 3.23. The van der Waals surface area contributed by atoms with Crippen molar-refractivity contribution in [2.24, 2.45) is 0 Å². The predicted octanol–water partition coefficient (Wildman–Crippen LogP) is 3.65. The van der Waals surface area contributed by atoms with Crippen LogP contribution in [0.15, 0.2) is 48.5 Å². The number of benzene rings is 2. The van der Waals surface area contributed by atoms with Crippen molar-refractivity contribution >= 4 is 5.91 Å². The lowest BCUT2D eigenvalue weighted by Crippen LogP contribution is -2.38. The smallest absolute Gasteiger partial charge is 0.251 e. The van der Waals surface area contributed by atoms with Crippen LogP contribution < -0.4 is 10.1 Å². The summed E-state index contributed by atoms with van der Waals surface area (Å²) in [6.07, 6.45) is 0. The summed E-state index contributed by atoms with van der Waals surface area (Å²) in [5.41, 5.74) is 2.76. The average Bonchev–Trinajstić information content (AvgIpc) is 2.71. The molecule has 0 bridgehead atoms. The first-order valence-corrected chi connectivity index (χ1v) is 9.37. The Balaban J connectivity index is 2.15. The first-order valence-electron chi connectivity index (χ1n) is 9.37. The molecule has 0 fully saturated rings. The van der Waals surface area contributed by atoms with Crippen LogP contribution in [-0.2, 0) is 11.3 Å². The summed E-state index contributed by atoms with van der Waals surface area (Å²) in [6.45, 7) is 7.09. The Kier molecular flexibility index (Phi) is 8.30. The number of ether oxygens (including phenoxy) is 2. The van der Waals surface area contributed by atoms with Crippen LogP contribution in [0, 0.1) is 0 Å². The molecule has 0 aliphatic rings. The van der Waals surface area contributed by atoms with Crippen molar-refractivity contribution in [3.63, 3.8) is 0 Å². The molecule has 0 aromatic heterocycles. The van der Waals surface area contributed by atoms with E-state index in [1.165, 1.54) is 0 Å². The number of amides is 1. The second kappa shape index (κ2) is 10.7. The number of nitrogens with zero attached hydrogens (tertiary/aromatic N) is 1. The first-order chi connectivity index (χ1) is 13.1. The zero-order valence-electron chi connectivity index (χ0n) is 16.7. The van der Waals surface area contributed by atoms with Crippen LogP contribution in [0.5, 0.6) is 5.75 Å². The van der Waals surface area contributed by atoms with Gasteiger partial charge in [0, 0.05) is 19.2 Å². The summed E-state index contributed by atoms with van der Waals surface area (Å²) < 4.78 is 10.5. The Morgan fingerprint density at radius 3 is 2.48 bits per heavy atom. The Bertz CT molecular complexity index is 729. The molecule has 1 N–H and O–H groups in total. The van der Waals surface area contributed by atoms with Crippen molar-refractivity contribution in [3.05, 3.63) is 65.2 Å². The summed E-state index contributed by atoms with van der Waals surface area (Å²) in [7, 11) is 3.32. The lowest BCUT2D eigenvalue weighted by atomic mass is 10.0. The largest absolute Gasteiger partial charge is 0.497 e. The Labute approximate surface area is 162 Å². The van der Waals surface area contributed by atoms with Gasteiger partial charge < -0.3 is 14.8 Å².